The van der Waals surface area contributed by atoms with Crippen LogP contribution >= 0.6 is 11.3 Å². The van der Waals surface area contributed by atoms with Crippen LogP contribution in [0, 0.1) is 6.92 Å². The second-order valence-corrected chi connectivity index (χ2v) is 7.98. The summed E-state index contributed by atoms with van der Waals surface area (Å²) in [6, 6.07) is 0. The van der Waals surface area contributed by atoms with Crippen LogP contribution in [0.15, 0.2) is 9.59 Å². The maximum atomic E-state index is 13.7. The Balaban J connectivity index is 2.27. The maximum Gasteiger partial charge on any atom is 0.412 e. The Morgan fingerprint density at radius 3 is 2.54 bits per heavy atom. The van der Waals surface area contributed by atoms with Gasteiger partial charge in [0.2, 0.25) is 0 Å². The van der Waals surface area contributed by atoms with E-state index in [0.717, 1.165) is 4.88 Å². The Kier molecular flexibility index (Phi) is 5.72. The molecule has 0 aromatic carbocycles. The molecule has 0 spiro atoms. The van der Waals surface area contributed by atoms with E-state index < -0.39 is 23.0 Å². The normalized spacial score (nSPS) is 16.1. The third-order valence-electron chi connectivity index (χ3n) is 5.12. The standard InChI is InChI=1S/C17H23F3N4O3S/c1-10-11(9-22-6-5-21)28-14-12(10)13(25)24(15(26)23(14)7-8-27-2)16(3-4-16)17(18,19)20/h22H,3-9,21H2,1-2H3. The first-order valence-corrected chi connectivity index (χ1v) is 9.76. The number of aromatic nitrogens is 2. The summed E-state index contributed by atoms with van der Waals surface area (Å²) in [6.07, 6.45) is -5.21. The molecule has 28 heavy (non-hydrogen) atoms. The van der Waals surface area contributed by atoms with E-state index in [1.54, 1.807) is 6.92 Å². The van der Waals surface area contributed by atoms with Crippen LogP contribution in [0.1, 0.15) is 23.3 Å². The number of rotatable bonds is 8. The van der Waals surface area contributed by atoms with Crippen LogP contribution in [-0.4, -0.2) is 42.1 Å². The molecule has 2 aromatic heterocycles. The number of hydrogen-bond donors (Lipinski definition) is 2. The lowest BCUT2D eigenvalue weighted by Crippen LogP contribution is -2.51. The summed E-state index contributed by atoms with van der Waals surface area (Å²) in [7, 11) is 1.44. The van der Waals surface area contributed by atoms with Gasteiger partial charge in [0.05, 0.1) is 18.5 Å². The average Bonchev–Trinajstić information content (AvgIpc) is 3.35. The predicted octanol–water partition coefficient (Wildman–Crippen LogP) is 1.28. The van der Waals surface area contributed by atoms with Gasteiger partial charge in [0.15, 0.2) is 0 Å². The minimum atomic E-state index is -4.67. The van der Waals surface area contributed by atoms with Gasteiger partial charge in [0.25, 0.3) is 5.56 Å². The molecule has 2 aromatic rings. The van der Waals surface area contributed by atoms with E-state index in [1.807, 2.05) is 0 Å². The first-order chi connectivity index (χ1) is 13.2. The van der Waals surface area contributed by atoms with E-state index in [-0.39, 0.29) is 31.4 Å². The van der Waals surface area contributed by atoms with Gasteiger partial charge in [-0.1, -0.05) is 0 Å². The van der Waals surface area contributed by atoms with Gasteiger partial charge in [-0.25, -0.2) is 9.36 Å². The van der Waals surface area contributed by atoms with Crippen molar-refractivity contribution in [3.05, 3.63) is 31.3 Å². The molecular formula is C17H23F3N4O3S. The molecule has 1 aliphatic rings. The van der Waals surface area contributed by atoms with Gasteiger partial charge in [-0.15, -0.1) is 11.3 Å². The molecule has 1 fully saturated rings. The minimum absolute atomic E-state index is 0.0652. The molecule has 3 rings (SSSR count). The number of aryl methyl sites for hydroxylation is 1. The SMILES string of the molecule is COCCn1c(=O)n(C2(C(F)(F)F)CC2)c(=O)c2c(C)c(CNCCN)sc21. The van der Waals surface area contributed by atoms with Gasteiger partial charge < -0.3 is 15.8 Å². The fourth-order valence-corrected chi connectivity index (χ4v) is 4.66. The van der Waals surface area contributed by atoms with E-state index in [1.165, 1.54) is 23.0 Å². The maximum absolute atomic E-state index is 13.7. The first-order valence-electron chi connectivity index (χ1n) is 8.94. The number of nitrogens with two attached hydrogens (primary N) is 1. The Morgan fingerprint density at radius 2 is 2.00 bits per heavy atom. The lowest BCUT2D eigenvalue weighted by Gasteiger charge is -2.22. The predicted molar refractivity (Wildman–Crippen MR) is 101 cm³/mol. The van der Waals surface area contributed by atoms with Gasteiger partial charge >= 0.3 is 11.9 Å². The fraction of sp³-hybridized carbons (Fsp3) is 0.647. The smallest absolute Gasteiger partial charge is 0.383 e. The van der Waals surface area contributed by atoms with Crippen LogP contribution < -0.4 is 22.3 Å². The van der Waals surface area contributed by atoms with Crippen molar-refractivity contribution in [2.75, 3.05) is 26.8 Å². The van der Waals surface area contributed by atoms with Gasteiger partial charge in [-0.3, -0.25) is 9.36 Å². The van der Waals surface area contributed by atoms with E-state index in [2.05, 4.69) is 5.32 Å². The van der Waals surface area contributed by atoms with E-state index in [9.17, 15) is 22.8 Å². The Labute approximate surface area is 162 Å². The lowest BCUT2D eigenvalue weighted by atomic mass is 10.2. The molecule has 7 nitrogen and oxygen atoms in total. The molecule has 0 saturated heterocycles. The van der Waals surface area contributed by atoms with Crippen LogP contribution in [0.5, 0.6) is 0 Å². The molecule has 156 valence electrons. The number of thiophene rings is 1. The molecule has 3 N–H and O–H groups in total. The molecule has 11 heteroatoms. The minimum Gasteiger partial charge on any atom is -0.383 e. The zero-order valence-electron chi connectivity index (χ0n) is 15.7. The van der Waals surface area contributed by atoms with Crippen LogP contribution in [0.3, 0.4) is 0 Å². The van der Waals surface area contributed by atoms with Crippen molar-refractivity contribution in [2.24, 2.45) is 5.73 Å². The number of ether oxygens (including phenoxy) is 1. The number of nitrogens with zero attached hydrogens (tertiary/aromatic N) is 2. The highest BCUT2D eigenvalue weighted by Crippen LogP contribution is 2.54. The number of fused-ring (bicyclic) bond motifs is 1. The number of halogens is 3. The second kappa shape index (κ2) is 7.62. The van der Waals surface area contributed by atoms with Gasteiger partial charge in [-0.05, 0) is 25.3 Å². The van der Waals surface area contributed by atoms with E-state index >= 15 is 0 Å². The summed E-state index contributed by atoms with van der Waals surface area (Å²) in [6.45, 7) is 3.32. The highest BCUT2D eigenvalue weighted by molar-refractivity contribution is 7.18. The Bertz CT molecular complexity index is 989. The third-order valence-corrected chi connectivity index (χ3v) is 6.43. The van der Waals surface area contributed by atoms with Crippen molar-refractivity contribution in [1.82, 2.24) is 14.5 Å². The number of hydrogen-bond acceptors (Lipinski definition) is 6. The van der Waals surface area contributed by atoms with E-state index in [0.29, 0.717) is 34.6 Å². The lowest BCUT2D eigenvalue weighted by molar-refractivity contribution is -0.181. The van der Waals surface area contributed by atoms with Crippen molar-refractivity contribution >= 4 is 21.6 Å². The van der Waals surface area contributed by atoms with Crippen molar-refractivity contribution in [3.8, 4) is 0 Å². The second-order valence-electron chi connectivity index (χ2n) is 6.89. The quantitative estimate of drug-likeness (QED) is 0.628. The monoisotopic (exact) mass is 420 g/mol. The van der Waals surface area contributed by atoms with Crippen LogP contribution in [0.2, 0.25) is 0 Å². The molecule has 0 atom stereocenters. The highest BCUT2D eigenvalue weighted by Gasteiger charge is 2.66. The summed E-state index contributed by atoms with van der Waals surface area (Å²) in [4.78, 5) is 27.2. The zero-order valence-corrected chi connectivity index (χ0v) is 16.5. The molecule has 0 aliphatic heterocycles. The molecule has 0 unspecified atom stereocenters. The molecule has 1 saturated carbocycles. The summed E-state index contributed by atoms with van der Waals surface area (Å²) in [5.41, 5.74) is 1.84. The summed E-state index contributed by atoms with van der Waals surface area (Å²) in [5.74, 6) is 0. The zero-order chi connectivity index (χ0) is 20.7. The highest BCUT2D eigenvalue weighted by atomic mass is 32.1. The molecular weight excluding hydrogens is 397 g/mol. The van der Waals surface area contributed by atoms with Crippen molar-refractivity contribution < 1.29 is 17.9 Å². The Morgan fingerprint density at radius 1 is 1.32 bits per heavy atom. The van der Waals surface area contributed by atoms with Crippen LogP contribution in [0.4, 0.5) is 13.2 Å². The van der Waals surface area contributed by atoms with Crippen LogP contribution in [-0.2, 0) is 23.4 Å². The van der Waals surface area contributed by atoms with Crippen LogP contribution in [0.25, 0.3) is 10.2 Å². The van der Waals surface area contributed by atoms with E-state index in [4.69, 9.17) is 10.5 Å². The Hall–Kier alpha value is -1.69. The summed E-state index contributed by atoms with van der Waals surface area (Å²) in [5, 5.41) is 3.28. The van der Waals surface area contributed by atoms with Gasteiger partial charge in [-0.2, -0.15) is 13.2 Å². The summed E-state index contributed by atoms with van der Waals surface area (Å²) < 4.78 is 47.7. The molecule has 0 radical (unpaired) electrons. The third kappa shape index (κ3) is 3.30. The average molecular weight is 420 g/mol. The van der Waals surface area contributed by atoms with Crippen molar-refractivity contribution in [1.29, 1.82) is 0 Å². The molecule has 2 heterocycles. The van der Waals surface area contributed by atoms with Gasteiger partial charge in [0.1, 0.15) is 10.4 Å². The molecule has 0 bridgehead atoms. The van der Waals surface area contributed by atoms with Crippen molar-refractivity contribution in [3.63, 3.8) is 0 Å². The number of alkyl halides is 3. The fourth-order valence-electron chi connectivity index (χ4n) is 3.37. The largest absolute Gasteiger partial charge is 0.412 e. The summed E-state index contributed by atoms with van der Waals surface area (Å²) >= 11 is 1.24. The van der Waals surface area contributed by atoms with Crippen molar-refractivity contribution in [2.45, 2.75) is 44.6 Å². The molecule has 0 amide bonds. The topological polar surface area (TPSA) is 91.3 Å². The van der Waals surface area contributed by atoms with Gasteiger partial charge in [0, 0.05) is 31.6 Å². The number of nitrogens with one attached hydrogen (secondary N) is 1. The molecule has 1 aliphatic carbocycles. The first kappa shape index (κ1) is 21.0. The number of methoxy groups -OCH3 is 1.